The molecule has 0 radical (unpaired) electrons. The van der Waals surface area contributed by atoms with Crippen LogP contribution in [0.5, 0.6) is 0 Å². The first-order valence-electron chi connectivity index (χ1n) is 14.1. The number of aliphatic hydroxyl groups excluding tert-OH is 1. The van der Waals surface area contributed by atoms with Crippen LogP contribution >= 0.6 is 0 Å². The van der Waals surface area contributed by atoms with Gasteiger partial charge in [-0.05, 0) is 79.9 Å². The third-order valence-electron chi connectivity index (χ3n) is 10.5. The van der Waals surface area contributed by atoms with E-state index in [1.54, 1.807) is 18.2 Å². The highest BCUT2D eigenvalue weighted by Crippen LogP contribution is 2.67. The third-order valence-corrected chi connectivity index (χ3v) is 10.5. The number of esters is 1. The maximum Gasteiger partial charge on any atom is 0.306 e. The molecule has 0 aromatic carbocycles. The van der Waals surface area contributed by atoms with Gasteiger partial charge in [0.2, 0.25) is 11.7 Å². The molecule has 4 aliphatic carbocycles. The molecule has 1 heterocycles. The number of nitrogens with one attached hydrogen (secondary N) is 1. The van der Waals surface area contributed by atoms with Gasteiger partial charge in [0, 0.05) is 18.3 Å². The quantitative estimate of drug-likeness (QED) is 0.426. The molecule has 0 aliphatic heterocycles. The van der Waals surface area contributed by atoms with Crippen molar-refractivity contribution in [2.75, 3.05) is 6.61 Å². The molecule has 5 rings (SSSR count). The SMILES string of the molecule is C[C@]12CCC(=O)C=C1CC[C@H]1[C@@H]2[C@@H](O)C[C@]2(C)[C@H]1CC[C@]2(O)C(=O)COC(=O)CCC(=O)NCc1ccco1. The highest BCUT2D eigenvalue weighted by Gasteiger charge is 2.68. The maximum absolute atomic E-state index is 13.4. The Labute approximate surface area is 228 Å². The van der Waals surface area contributed by atoms with Crippen molar-refractivity contribution in [1.29, 1.82) is 0 Å². The number of allylic oxidation sites excluding steroid dienone is 1. The number of hydrogen-bond donors (Lipinski definition) is 3. The zero-order chi connectivity index (χ0) is 28.0. The van der Waals surface area contributed by atoms with Crippen LogP contribution in [0.3, 0.4) is 0 Å². The van der Waals surface area contributed by atoms with E-state index in [9.17, 15) is 29.4 Å². The van der Waals surface area contributed by atoms with E-state index in [0.29, 0.717) is 18.6 Å². The van der Waals surface area contributed by atoms with Crippen molar-refractivity contribution in [3.8, 4) is 0 Å². The predicted molar refractivity (Wildman–Crippen MR) is 139 cm³/mol. The average molecular weight is 542 g/mol. The number of Topliss-reactive ketones (excluding diaryl/α,β-unsaturated/α-hetero) is 1. The van der Waals surface area contributed by atoms with Gasteiger partial charge in [0.25, 0.3) is 0 Å². The summed E-state index contributed by atoms with van der Waals surface area (Å²) in [4.78, 5) is 49.7. The largest absolute Gasteiger partial charge is 0.467 e. The van der Waals surface area contributed by atoms with E-state index in [4.69, 9.17) is 9.15 Å². The van der Waals surface area contributed by atoms with Crippen molar-refractivity contribution in [2.24, 2.45) is 28.6 Å². The number of fused-ring (bicyclic) bond motifs is 5. The van der Waals surface area contributed by atoms with Crippen molar-refractivity contribution in [3.05, 3.63) is 35.8 Å². The number of ketones is 2. The molecule has 1 amide bonds. The number of aliphatic hydroxyl groups is 2. The molecule has 0 saturated heterocycles. The minimum atomic E-state index is -1.70. The lowest BCUT2D eigenvalue weighted by atomic mass is 9.45. The molecule has 0 bridgehead atoms. The number of ether oxygens (including phenoxy) is 1. The van der Waals surface area contributed by atoms with Crippen LogP contribution in [0.25, 0.3) is 0 Å². The van der Waals surface area contributed by atoms with Crippen LogP contribution in [-0.4, -0.2) is 52.0 Å². The normalized spacial score (nSPS) is 37.2. The summed E-state index contributed by atoms with van der Waals surface area (Å²) >= 11 is 0. The number of hydrogen-bond acceptors (Lipinski definition) is 8. The van der Waals surface area contributed by atoms with E-state index in [-0.39, 0.29) is 67.1 Å². The van der Waals surface area contributed by atoms with Gasteiger partial charge < -0.3 is 24.7 Å². The van der Waals surface area contributed by atoms with Crippen molar-refractivity contribution >= 4 is 23.4 Å². The van der Waals surface area contributed by atoms with Crippen molar-refractivity contribution in [2.45, 2.75) is 89.9 Å². The Morgan fingerprint density at radius 1 is 1.15 bits per heavy atom. The summed E-state index contributed by atoms with van der Waals surface area (Å²) < 4.78 is 10.3. The van der Waals surface area contributed by atoms with E-state index < -0.39 is 35.5 Å². The lowest BCUT2D eigenvalue weighted by Crippen LogP contribution is -2.62. The second-order valence-electron chi connectivity index (χ2n) is 12.4. The molecule has 1 aromatic heterocycles. The summed E-state index contributed by atoms with van der Waals surface area (Å²) in [6, 6.07) is 3.44. The van der Waals surface area contributed by atoms with Gasteiger partial charge >= 0.3 is 5.97 Å². The van der Waals surface area contributed by atoms with Crippen LogP contribution in [0, 0.1) is 28.6 Å². The summed E-state index contributed by atoms with van der Waals surface area (Å²) in [5, 5.41) is 25.9. The maximum atomic E-state index is 13.4. The van der Waals surface area contributed by atoms with E-state index in [1.165, 1.54) is 6.26 Å². The van der Waals surface area contributed by atoms with Crippen molar-refractivity contribution < 1.29 is 38.5 Å². The fourth-order valence-corrected chi connectivity index (χ4v) is 8.39. The minimum Gasteiger partial charge on any atom is -0.467 e. The van der Waals surface area contributed by atoms with E-state index in [2.05, 4.69) is 12.2 Å². The second-order valence-corrected chi connectivity index (χ2v) is 12.4. The number of carbonyl (C=O) groups excluding carboxylic acids is 4. The average Bonchev–Trinajstić information content (AvgIpc) is 3.51. The Morgan fingerprint density at radius 2 is 1.95 bits per heavy atom. The summed E-state index contributed by atoms with van der Waals surface area (Å²) in [5.74, 6) is -0.664. The summed E-state index contributed by atoms with van der Waals surface area (Å²) in [6.45, 7) is 3.71. The van der Waals surface area contributed by atoms with Crippen molar-refractivity contribution in [3.63, 3.8) is 0 Å². The molecule has 4 aliphatic rings. The fraction of sp³-hybridized carbons (Fsp3) is 0.667. The molecule has 9 heteroatoms. The Kier molecular flexibility index (Phi) is 7.35. The van der Waals surface area contributed by atoms with Gasteiger partial charge in [-0.3, -0.25) is 19.2 Å². The molecule has 7 atom stereocenters. The molecule has 212 valence electrons. The van der Waals surface area contributed by atoms with Crippen LogP contribution in [0.15, 0.2) is 34.5 Å². The lowest BCUT2D eigenvalue weighted by Gasteiger charge is -2.60. The summed E-state index contributed by atoms with van der Waals surface area (Å²) in [6.07, 6.45) is 6.31. The van der Waals surface area contributed by atoms with Gasteiger partial charge in [-0.25, -0.2) is 0 Å². The van der Waals surface area contributed by atoms with Crippen molar-refractivity contribution in [1.82, 2.24) is 5.32 Å². The lowest BCUT2D eigenvalue weighted by molar-refractivity contribution is -0.184. The predicted octanol–water partition coefficient (Wildman–Crippen LogP) is 3.02. The Balaban J connectivity index is 1.19. The van der Waals surface area contributed by atoms with Crippen LogP contribution in [0.2, 0.25) is 0 Å². The highest BCUT2D eigenvalue weighted by molar-refractivity contribution is 5.92. The molecule has 3 fully saturated rings. The highest BCUT2D eigenvalue weighted by atomic mass is 16.5. The van der Waals surface area contributed by atoms with Crippen LogP contribution in [0.1, 0.15) is 77.4 Å². The Bertz CT molecular complexity index is 1170. The van der Waals surface area contributed by atoms with Gasteiger partial charge in [0.05, 0.1) is 25.3 Å². The van der Waals surface area contributed by atoms with Crippen LogP contribution in [-0.2, 0) is 30.5 Å². The monoisotopic (exact) mass is 541 g/mol. The fourth-order valence-electron chi connectivity index (χ4n) is 8.39. The molecular formula is C30H39NO8. The number of furan rings is 1. The molecule has 3 saturated carbocycles. The topological polar surface area (TPSA) is 143 Å². The summed E-state index contributed by atoms with van der Waals surface area (Å²) in [7, 11) is 0. The van der Waals surface area contributed by atoms with Crippen LogP contribution in [0.4, 0.5) is 0 Å². The molecule has 0 spiro atoms. The van der Waals surface area contributed by atoms with Gasteiger partial charge in [-0.2, -0.15) is 0 Å². The van der Waals surface area contributed by atoms with E-state index in [1.807, 2.05) is 6.92 Å². The number of carbonyl (C=O) groups is 4. The van der Waals surface area contributed by atoms with E-state index in [0.717, 1.165) is 24.8 Å². The number of amides is 1. The Hall–Kier alpha value is -2.78. The van der Waals surface area contributed by atoms with Gasteiger partial charge in [0.15, 0.2) is 12.4 Å². The van der Waals surface area contributed by atoms with Gasteiger partial charge in [-0.1, -0.05) is 19.4 Å². The zero-order valence-electron chi connectivity index (χ0n) is 22.7. The first-order chi connectivity index (χ1) is 18.5. The molecule has 9 nitrogen and oxygen atoms in total. The molecular weight excluding hydrogens is 502 g/mol. The number of rotatable bonds is 8. The van der Waals surface area contributed by atoms with Gasteiger partial charge in [-0.15, -0.1) is 0 Å². The molecule has 39 heavy (non-hydrogen) atoms. The standard InChI is InChI=1S/C30H39NO8/c1-28-11-9-19(32)14-18(28)5-6-21-22-10-12-30(37,29(22,2)15-23(33)27(21)28)24(34)17-39-26(36)8-7-25(35)31-16-20-4-3-13-38-20/h3-4,13-14,21-23,27,33,37H,5-12,15-17H2,1-2H3,(H,31,35)/t21-,22+,23+,27-,28+,29-,30+/m1/s1. The first-order valence-corrected chi connectivity index (χ1v) is 14.1. The third kappa shape index (κ3) is 4.78. The zero-order valence-corrected chi connectivity index (χ0v) is 22.7. The smallest absolute Gasteiger partial charge is 0.306 e. The summed E-state index contributed by atoms with van der Waals surface area (Å²) in [5.41, 5.74) is -1.66. The minimum absolute atomic E-state index is 0.0158. The molecule has 0 unspecified atom stereocenters. The van der Waals surface area contributed by atoms with Crippen LogP contribution < -0.4 is 5.32 Å². The Morgan fingerprint density at radius 3 is 2.69 bits per heavy atom. The second kappa shape index (κ2) is 10.3. The van der Waals surface area contributed by atoms with Gasteiger partial charge in [0.1, 0.15) is 11.4 Å². The first kappa shape index (κ1) is 27.8. The molecule has 3 N–H and O–H groups in total. The van der Waals surface area contributed by atoms with E-state index >= 15 is 0 Å². The molecule has 1 aromatic rings.